The van der Waals surface area contributed by atoms with Gasteiger partial charge in [0.2, 0.25) is 0 Å². The minimum Gasteiger partial charge on any atom is -0.398 e. The molecule has 1 fully saturated rings. The van der Waals surface area contributed by atoms with Crippen LogP contribution in [0.2, 0.25) is 0 Å². The second-order valence-electron chi connectivity index (χ2n) is 3.63. The van der Waals surface area contributed by atoms with Crippen molar-refractivity contribution in [2.45, 2.75) is 19.0 Å². The number of nitrogens with zero attached hydrogens (tertiary/aromatic N) is 1. The molecule has 72 valence electrons. The van der Waals surface area contributed by atoms with Crippen LogP contribution in [0.25, 0.3) is 0 Å². The fraction of sp³-hybridized carbons (Fsp3) is 0.556. The molecule has 0 bridgehead atoms. The monoisotopic (exact) mass is 197 g/mol. The third kappa shape index (κ3) is 2.21. The first-order chi connectivity index (χ1) is 6.24. The number of rotatable bonds is 2. The molecule has 1 saturated heterocycles. The Bertz CT molecular complexity index is 284. The quantitative estimate of drug-likeness (QED) is 0.739. The van der Waals surface area contributed by atoms with Crippen molar-refractivity contribution in [1.82, 2.24) is 4.90 Å². The van der Waals surface area contributed by atoms with E-state index in [1.807, 2.05) is 5.38 Å². The SMILES string of the molecule is Nc1csc(CN2CCC(N)C2)c1. The van der Waals surface area contributed by atoms with E-state index >= 15 is 0 Å². The van der Waals surface area contributed by atoms with Gasteiger partial charge in [-0.3, -0.25) is 4.90 Å². The molecule has 3 nitrogen and oxygen atoms in total. The summed E-state index contributed by atoms with van der Waals surface area (Å²) in [6, 6.07) is 2.42. The van der Waals surface area contributed by atoms with E-state index in [9.17, 15) is 0 Å². The molecule has 13 heavy (non-hydrogen) atoms. The molecular weight excluding hydrogens is 182 g/mol. The van der Waals surface area contributed by atoms with E-state index in [2.05, 4.69) is 11.0 Å². The molecule has 0 amide bonds. The summed E-state index contributed by atoms with van der Waals surface area (Å²) in [7, 11) is 0. The topological polar surface area (TPSA) is 55.3 Å². The van der Waals surface area contributed by atoms with Crippen LogP contribution in [0.1, 0.15) is 11.3 Å². The zero-order valence-electron chi connectivity index (χ0n) is 7.57. The standard InChI is InChI=1S/C9H15N3S/c10-7-1-2-12(4-7)5-9-3-8(11)6-13-9/h3,6-7H,1-2,4-5,10-11H2. The summed E-state index contributed by atoms with van der Waals surface area (Å²) in [5, 5.41) is 1.99. The maximum Gasteiger partial charge on any atom is 0.0426 e. The molecule has 1 aliphatic heterocycles. The first-order valence-corrected chi connectivity index (χ1v) is 5.43. The van der Waals surface area contributed by atoms with Crippen LogP contribution in [0.5, 0.6) is 0 Å². The number of nitrogen functional groups attached to an aromatic ring is 1. The lowest BCUT2D eigenvalue weighted by Gasteiger charge is -2.12. The van der Waals surface area contributed by atoms with Crippen molar-refractivity contribution >= 4 is 17.0 Å². The molecule has 0 spiro atoms. The molecule has 0 aromatic carbocycles. The third-order valence-corrected chi connectivity index (χ3v) is 3.30. The van der Waals surface area contributed by atoms with Gasteiger partial charge in [0, 0.05) is 41.6 Å². The molecule has 1 atom stereocenters. The van der Waals surface area contributed by atoms with Crippen LogP contribution in [-0.2, 0) is 6.54 Å². The maximum absolute atomic E-state index is 5.82. The zero-order valence-corrected chi connectivity index (χ0v) is 8.39. The number of hydrogen-bond acceptors (Lipinski definition) is 4. The number of thiophene rings is 1. The van der Waals surface area contributed by atoms with E-state index < -0.39 is 0 Å². The van der Waals surface area contributed by atoms with E-state index in [0.29, 0.717) is 6.04 Å². The highest BCUT2D eigenvalue weighted by molar-refractivity contribution is 7.10. The number of hydrogen-bond donors (Lipinski definition) is 2. The Morgan fingerprint density at radius 1 is 1.62 bits per heavy atom. The first kappa shape index (κ1) is 8.99. The van der Waals surface area contributed by atoms with Crippen molar-refractivity contribution < 1.29 is 0 Å². The second-order valence-corrected chi connectivity index (χ2v) is 4.63. The molecule has 1 aromatic rings. The highest BCUT2D eigenvalue weighted by Crippen LogP contribution is 2.20. The van der Waals surface area contributed by atoms with Crippen LogP contribution in [0, 0.1) is 0 Å². The van der Waals surface area contributed by atoms with Crippen LogP contribution >= 0.6 is 11.3 Å². The Kier molecular flexibility index (Phi) is 2.53. The van der Waals surface area contributed by atoms with Gasteiger partial charge in [-0.2, -0.15) is 0 Å². The molecule has 1 aromatic heterocycles. The van der Waals surface area contributed by atoms with Crippen LogP contribution in [0.3, 0.4) is 0 Å². The van der Waals surface area contributed by atoms with Crippen molar-refractivity contribution in [3.8, 4) is 0 Å². The number of nitrogens with two attached hydrogens (primary N) is 2. The van der Waals surface area contributed by atoms with Crippen LogP contribution in [0.15, 0.2) is 11.4 Å². The van der Waals surface area contributed by atoms with Crippen molar-refractivity contribution in [3.63, 3.8) is 0 Å². The van der Waals surface area contributed by atoms with Crippen molar-refractivity contribution in [1.29, 1.82) is 0 Å². The molecule has 0 radical (unpaired) electrons. The van der Waals surface area contributed by atoms with Gasteiger partial charge in [-0.15, -0.1) is 11.3 Å². The lowest BCUT2D eigenvalue weighted by Crippen LogP contribution is -2.25. The molecule has 4 heteroatoms. The van der Waals surface area contributed by atoms with Gasteiger partial charge >= 0.3 is 0 Å². The van der Waals surface area contributed by atoms with Crippen LogP contribution in [-0.4, -0.2) is 24.0 Å². The van der Waals surface area contributed by atoms with Gasteiger partial charge in [0.05, 0.1) is 0 Å². The fourth-order valence-corrected chi connectivity index (χ4v) is 2.52. The molecule has 2 rings (SSSR count). The van der Waals surface area contributed by atoms with Gasteiger partial charge < -0.3 is 11.5 Å². The predicted molar refractivity (Wildman–Crippen MR) is 56.6 cm³/mol. The normalized spacial score (nSPS) is 23.9. The second kappa shape index (κ2) is 3.65. The summed E-state index contributed by atoms with van der Waals surface area (Å²) in [6.07, 6.45) is 1.13. The number of likely N-dealkylation sites (tertiary alicyclic amines) is 1. The smallest absolute Gasteiger partial charge is 0.0426 e. The predicted octanol–water partition coefficient (Wildman–Crippen LogP) is 0.863. The lowest BCUT2D eigenvalue weighted by molar-refractivity contribution is 0.330. The van der Waals surface area contributed by atoms with E-state index in [4.69, 9.17) is 11.5 Å². The Balaban J connectivity index is 1.91. The first-order valence-electron chi connectivity index (χ1n) is 4.55. The van der Waals surface area contributed by atoms with E-state index in [1.54, 1.807) is 11.3 Å². The molecule has 4 N–H and O–H groups in total. The van der Waals surface area contributed by atoms with E-state index in [0.717, 1.165) is 31.7 Å². The average Bonchev–Trinajstić information content (AvgIpc) is 2.62. The highest BCUT2D eigenvalue weighted by Gasteiger charge is 2.19. The summed E-state index contributed by atoms with van der Waals surface area (Å²) < 4.78 is 0. The summed E-state index contributed by atoms with van der Waals surface area (Å²) in [5.41, 5.74) is 12.3. The van der Waals surface area contributed by atoms with Gasteiger partial charge in [-0.25, -0.2) is 0 Å². The van der Waals surface area contributed by atoms with Crippen LogP contribution in [0.4, 0.5) is 5.69 Å². The van der Waals surface area contributed by atoms with Crippen molar-refractivity contribution in [2.24, 2.45) is 5.73 Å². The largest absolute Gasteiger partial charge is 0.398 e. The minimum absolute atomic E-state index is 0.373. The van der Waals surface area contributed by atoms with Gasteiger partial charge in [-0.05, 0) is 12.5 Å². The van der Waals surface area contributed by atoms with Crippen molar-refractivity contribution in [3.05, 3.63) is 16.3 Å². The van der Waals surface area contributed by atoms with Gasteiger partial charge in [0.25, 0.3) is 0 Å². The lowest BCUT2D eigenvalue weighted by atomic mass is 10.3. The van der Waals surface area contributed by atoms with Gasteiger partial charge in [0.15, 0.2) is 0 Å². The molecule has 0 saturated carbocycles. The highest BCUT2D eigenvalue weighted by atomic mass is 32.1. The molecule has 1 unspecified atom stereocenters. The fourth-order valence-electron chi connectivity index (χ4n) is 1.71. The Morgan fingerprint density at radius 3 is 3.00 bits per heavy atom. The maximum atomic E-state index is 5.82. The molecule has 0 aliphatic carbocycles. The minimum atomic E-state index is 0.373. The number of anilines is 1. The summed E-state index contributed by atoms with van der Waals surface area (Å²) in [6.45, 7) is 3.16. The Hall–Kier alpha value is -0.580. The van der Waals surface area contributed by atoms with E-state index in [1.165, 1.54) is 4.88 Å². The Labute approximate surface area is 82.3 Å². The zero-order chi connectivity index (χ0) is 9.26. The third-order valence-electron chi connectivity index (χ3n) is 2.36. The summed E-state index contributed by atoms with van der Waals surface area (Å²) >= 11 is 1.73. The van der Waals surface area contributed by atoms with E-state index in [-0.39, 0.29) is 0 Å². The average molecular weight is 197 g/mol. The molecular formula is C9H15N3S. The summed E-state index contributed by atoms with van der Waals surface area (Å²) in [5.74, 6) is 0. The summed E-state index contributed by atoms with van der Waals surface area (Å²) in [4.78, 5) is 3.72. The van der Waals surface area contributed by atoms with Gasteiger partial charge in [0.1, 0.15) is 0 Å². The molecule has 1 aliphatic rings. The van der Waals surface area contributed by atoms with Crippen molar-refractivity contribution in [2.75, 3.05) is 18.8 Å². The van der Waals surface area contributed by atoms with Gasteiger partial charge in [-0.1, -0.05) is 0 Å². The van der Waals surface area contributed by atoms with Crippen LogP contribution < -0.4 is 11.5 Å². The Morgan fingerprint density at radius 2 is 2.46 bits per heavy atom. The molecule has 2 heterocycles.